The van der Waals surface area contributed by atoms with Gasteiger partial charge in [0.25, 0.3) is 5.54 Å². The van der Waals surface area contributed by atoms with Crippen LogP contribution in [0, 0.1) is 26.1 Å². The average Bonchev–Trinajstić information content (AvgIpc) is 2.89. The Balaban J connectivity index is 1.71. The molecule has 182 valence electrons. The van der Waals surface area contributed by atoms with Crippen molar-refractivity contribution in [1.82, 2.24) is 4.90 Å². The first-order chi connectivity index (χ1) is 17.3. The van der Waals surface area contributed by atoms with E-state index >= 15 is 0 Å². The zero-order valence-corrected chi connectivity index (χ0v) is 19.3. The quantitative estimate of drug-likeness (QED) is 0.283. The van der Waals surface area contributed by atoms with Crippen LogP contribution in [-0.2, 0) is 12.1 Å². The fourth-order valence-electron chi connectivity index (χ4n) is 5.92. The van der Waals surface area contributed by atoms with Crippen LogP contribution >= 0.6 is 0 Å². The van der Waals surface area contributed by atoms with Crippen LogP contribution in [0.5, 0.6) is 0 Å². The Bertz CT molecular complexity index is 1360. The predicted octanol–water partition coefficient (Wildman–Crippen LogP) is 3.78. The fraction of sp³-hybridized carbons (Fsp3) is 0.259. The molecule has 1 aliphatic heterocycles. The van der Waals surface area contributed by atoms with E-state index in [4.69, 9.17) is 0 Å². The molecule has 0 amide bonds. The fourth-order valence-corrected chi connectivity index (χ4v) is 5.92. The first-order valence-corrected chi connectivity index (χ1v) is 11.6. The number of likely N-dealkylation sites (tertiary alicyclic amines) is 1. The lowest BCUT2D eigenvalue weighted by atomic mass is 9.55. The highest BCUT2D eigenvalue weighted by atomic mass is 16.6. The van der Waals surface area contributed by atoms with Gasteiger partial charge < -0.3 is 0 Å². The maximum Gasteiger partial charge on any atom is 0.306 e. The standard InChI is InChI=1S/C27H23N3O6/c31-23(20-11-5-2-6-12-20)15-24-26(29(33)34)17-28(16-19-9-3-1-4-10-19)18-27(24,30(35)36)25(32)21-13-7-8-14-22(21)26/h1-14,24H,15-18H2. The molecule has 0 radical (unpaired) electrons. The molecule has 3 aromatic carbocycles. The number of Topliss-reactive ketones (excluding diaryl/α,β-unsaturated/α-hetero) is 2. The summed E-state index contributed by atoms with van der Waals surface area (Å²) >= 11 is 0. The first kappa shape index (κ1) is 23.5. The van der Waals surface area contributed by atoms with Crippen molar-refractivity contribution in [3.05, 3.63) is 127 Å². The van der Waals surface area contributed by atoms with Gasteiger partial charge in [0.2, 0.25) is 5.78 Å². The molecule has 1 fully saturated rings. The molecule has 2 aliphatic rings. The van der Waals surface area contributed by atoms with Gasteiger partial charge in [-0.15, -0.1) is 0 Å². The normalized spacial score (nSPS) is 25.1. The van der Waals surface area contributed by atoms with Crippen molar-refractivity contribution in [2.75, 3.05) is 13.1 Å². The molecule has 36 heavy (non-hydrogen) atoms. The van der Waals surface area contributed by atoms with Crippen molar-refractivity contribution < 1.29 is 19.4 Å². The summed E-state index contributed by atoms with van der Waals surface area (Å²) in [5.74, 6) is -2.72. The molecule has 0 saturated carbocycles. The van der Waals surface area contributed by atoms with Gasteiger partial charge >= 0.3 is 5.54 Å². The number of fused-ring (bicyclic) bond motifs is 4. The van der Waals surface area contributed by atoms with Crippen molar-refractivity contribution >= 4 is 11.6 Å². The van der Waals surface area contributed by atoms with Crippen LogP contribution < -0.4 is 0 Å². The van der Waals surface area contributed by atoms with Gasteiger partial charge in [0.15, 0.2) is 5.78 Å². The third kappa shape index (κ3) is 3.43. The second-order valence-electron chi connectivity index (χ2n) is 9.41. The summed E-state index contributed by atoms with van der Waals surface area (Å²) in [5.41, 5.74) is -3.16. The Morgan fingerprint density at radius 3 is 2.03 bits per heavy atom. The van der Waals surface area contributed by atoms with E-state index in [0.29, 0.717) is 5.56 Å². The van der Waals surface area contributed by atoms with Gasteiger partial charge in [-0.3, -0.25) is 34.7 Å². The van der Waals surface area contributed by atoms with Crippen molar-refractivity contribution in [2.24, 2.45) is 5.92 Å². The molecule has 1 saturated heterocycles. The maximum atomic E-state index is 13.9. The largest absolute Gasteiger partial charge is 0.306 e. The summed E-state index contributed by atoms with van der Waals surface area (Å²) in [6, 6.07) is 23.3. The van der Waals surface area contributed by atoms with Crippen molar-refractivity contribution in [3.63, 3.8) is 0 Å². The van der Waals surface area contributed by atoms with Gasteiger partial charge in [0, 0.05) is 39.5 Å². The number of piperidine rings is 1. The lowest BCUT2D eigenvalue weighted by Gasteiger charge is -2.50. The average molecular weight is 485 g/mol. The Morgan fingerprint density at radius 2 is 1.39 bits per heavy atom. The van der Waals surface area contributed by atoms with Crippen LogP contribution in [0.3, 0.4) is 0 Å². The molecule has 1 heterocycles. The smallest absolute Gasteiger partial charge is 0.294 e. The van der Waals surface area contributed by atoms with Crippen LogP contribution in [0.2, 0.25) is 0 Å². The maximum absolute atomic E-state index is 13.9. The molecule has 1 aliphatic carbocycles. The van der Waals surface area contributed by atoms with Gasteiger partial charge in [0.05, 0.1) is 13.1 Å². The molecule has 0 aromatic heterocycles. The third-order valence-corrected chi connectivity index (χ3v) is 7.50. The Kier molecular flexibility index (Phi) is 5.72. The monoisotopic (exact) mass is 485 g/mol. The zero-order valence-electron chi connectivity index (χ0n) is 19.3. The number of rotatable bonds is 7. The van der Waals surface area contributed by atoms with E-state index in [-0.39, 0.29) is 30.8 Å². The minimum absolute atomic E-state index is 0.0197. The van der Waals surface area contributed by atoms with Crippen LogP contribution in [0.1, 0.15) is 38.3 Å². The zero-order chi connectivity index (χ0) is 25.5. The van der Waals surface area contributed by atoms with Crippen molar-refractivity contribution in [1.29, 1.82) is 0 Å². The highest BCUT2D eigenvalue weighted by molar-refractivity contribution is 6.07. The van der Waals surface area contributed by atoms with Crippen LogP contribution in [0.15, 0.2) is 84.9 Å². The Hall–Kier alpha value is -4.24. The Morgan fingerprint density at radius 1 is 0.833 bits per heavy atom. The summed E-state index contributed by atoms with van der Waals surface area (Å²) in [5, 5.41) is 25.8. The molecule has 9 nitrogen and oxygen atoms in total. The van der Waals surface area contributed by atoms with Crippen LogP contribution in [0.4, 0.5) is 0 Å². The summed E-state index contributed by atoms with van der Waals surface area (Å²) < 4.78 is 0. The number of carbonyl (C=O) groups excluding carboxylic acids is 2. The highest BCUT2D eigenvalue weighted by Crippen LogP contribution is 2.53. The van der Waals surface area contributed by atoms with E-state index in [1.807, 2.05) is 30.3 Å². The first-order valence-electron chi connectivity index (χ1n) is 11.6. The lowest BCUT2D eigenvalue weighted by molar-refractivity contribution is -0.640. The van der Waals surface area contributed by atoms with Crippen LogP contribution in [-0.4, -0.2) is 44.9 Å². The summed E-state index contributed by atoms with van der Waals surface area (Å²) in [4.78, 5) is 53.4. The SMILES string of the molecule is O=C(CC1C2([N+](=O)[O-])CN(Cc3ccccc3)CC1([N+](=O)[O-])c1ccccc1C2=O)c1ccccc1. The minimum atomic E-state index is -2.35. The Labute approximate surface area is 206 Å². The van der Waals surface area contributed by atoms with Crippen molar-refractivity contribution in [2.45, 2.75) is 24.0 Å². The number of hydrogen-bond acceptors (Lipinski definition) is 7. The number of hydrogen-bond donors (Lipinski definition) is 0. The van der Waals surface area contributed by atoms with E-state index in [9.17, 15) is 29.8 Å². The topological polar surface area (TPSA) is 124 Å². The molecular weight excluding hydrogens is 462 g/mol. The van der Waals surface area contributed by atoms with E-state index in [2.05, 4.69) is 0 Å². The second-order valence-corrected chi connectivity index (χ2v) is 9.41. The molecule has 2 bridgehead atoms. The highest BCUT2D eigenvalue weighted by Gasteiger charge is 2.77. The van der Waals surface area contributed by atoms with E-state index in [1.54, 1.807) is 47.4 Å². The molecule has 5 rings (SSSR count). The molecule has 9 heteroatoms. The molecule has 3 aromatic rings. The molecule has 0 spiro atoms. The number of nitro groups is 2. The predicted molar refractivity (Wildman–Crippen MR) is 130 cm³/mol. The van der Waals surface area contributed by atoms with Gasteiger partial charge in [-0.05, 0) is 5.56 Å². The molecule has 3 unspecified atom stereocenters. The van der Waals surface area contributed by atoms with E-state index < -0.39 is 44.8 Å². The summed E-state index contributed by atoms with van der Waals surface area (Å²) in [6.07, 6.45) is -0.495. The molecular formula is C27H23N3O6. The third-order valence-electron chi connectivity index (χ3n) is 7.50. The molecule has 0 N–H and O–H groups in total. The van der Waals surface area contributed by atoms with Gasteiger partial charge in [-0.2, -0.15) is 0 Å². The van der Waals surface area contributed by atoms with E-state index in [0.717, 1.165) is 5.56 Å². The minimum Gasteiger partial charge on any atom is -0.294 e. The number of carbonyl (C=O) groups is 2. The summed E-state index contributed by atoms with van der Waals surface area (Å²) in [6.45, 7) is -0.299. The van der Waals surface area contributed by atoms with Gasteiger partial charge in [-0.1, -0.05) is 84.9 Å². The summed E-state index contributed by atoms with van der Waals surface area (Å²) in [7, 11) is 0. The van der Waals surface area contributed by atoms with Crippen molar-refractivity contribution in [3.8, 4) is 0 Å². The van der Waals surface area contributed by atoms with Gasteiger partial charge in [-0.25, -0.2) is 0 Å². The van der Waals surface area contributed by atoms with Crippen LogP contribution in [0.25, 0.3) is 0 Å². The number of nitrogens with zero attached hydrogens (tertiary/aromatic N) is 3. The lowest BCUT2D eigenvalue weighted by Crippen LogP contribution is -2.75. The van der Waals surface area contributed by atoms with E-state index in [1.165, 1.54) is 12.1 Å². The number of ketones is 2. The van der Waals surface area contributed by atoms with Gasteiger partial charge in [0.1, 0.15) is 5.92 Å². The second kappa shape index (κ2) is 8.76. The molecule has 3 atom stereocenters. The number of benzene rings is 3.